The molecular formula is C7H12ClNO. The minimum atomic E-state index is 0. The van der Waals surface area contributed by atoms with Crippen LogP contribution in [0.2, 0.25) is 0 Å². The first-order chi connectivity index (χ1) is 4.33. The molecule has 58 valence electrons. The van der Waals surface area contributed by atoms with Crippen LogP contribution in [0.1, 0.15) is 6.42 Å². The number of nitrogens with zero attached hydrogens (tertiary/aromatic N) is 1. The van der Waals surface area contributed by atoms with Crippen molar-refractivity contribution < 1.29 is 4.79 Å². The van der Waals surface area contributed by atoms with Gasteiger partial charge in [0.05, 0.1) is 0 Å². The van der Waals surface area contributed by atoms with E-state index in [0.717, 1.165) is 31.4 Å². The van der Waals surface area contributed by atoms with E-state index in [1.807, 2.05) is 13.1 Å². The van der Waals surface area contributed by atoms with Gasteiger partial charge in [-0.1, -0.05) is 6.08 Å². The van der Waals surface area contributed by atoms with E-state index in [9.17, 15) is 4.79 Å². The minimum absolute atomic E-state index is 0. The fourth-order valence-corrected chi connectivity index (χ4v) is 1.01. The fourth-order valence-electron chi connectivity index (χ4n) is 1.01. The van der Waals surface area contributed by atoms with Crippen molar-refractivity contribution >= 4 is 18.7 Å². The first kappa shape index (κ1) is 9.66. The molecule has 0 radical (unpaired) electrons. The molecule has 0 spiro atoms. The Morgan fingerprint density at radius 1 is 1.70 bits per heavy atom. The Morgan fingerprint density at radius 3 is 2.80 bits per heavy atom. The zero-order valence-electron chi connectivity index (χ0n) is 6.04. The Bertz CT molecular complexity index is 145. The molecule has 0 unspecified atom stereocenters. The van der Waals surface area contributed by atoms with E-state index in [-0.39, 0.29) is 12.4 Å². The molecule has 1 heterocycles. The molecule has 1 aliphatic heterocycles. The Hall–Kier alpha value is -0.340. The number of carbonyl (C=O) groups is 1. The third-order valence-corrected chi connectivity index (χ3v) is 1.52. The quantitative estimate of drug-likeness (QED) is 0.532. The lowest BCUT2D eigenvalue weighted by Gasteiger charge is -2.19. The number of hydrogen-bond acceptors (Lipinski definition) is 2. The second-order valence-electron chi connectivity index (χ2n) is 2.42. The van der Waals surface area contributed by atoms with Gasteiger partial charge in [-0.3, -0.25) is 4.79 Å². The van der Waals surface area contributed by atoms with Crippen LogP contribution in [0.3, 0.4) is 0 Å². The Morgan fingerprint density at radius 2 is 2.40 bits per heavy atom. The topological polar surface area (TPSA) is 20.3 Å². The summed E-state index contributed by atoms with van der Waals surface area (Å²) in [5, 5.41) is 0. The van der Waals surface area contributed by atoms with Gasteiger partial charge in [-0.25, -0.2) is 0 Å². The number of halogens is 1. The number of carbonyl (C=O) groups excluding carboxylic acids is 1. The molecule has 0 aliphatic carbocycles. The molecule has 0 saturated heterocycles. The normalized spacial score (nSPS) is 19.1. The highest BCUT2D eigenvalue weighted by molar-refractivity contribution is 5.85. The summed E-state index contributed by atoms with van der Waals surface area (Å²) in [5.41, 5.74) is 0.920. The summed E-state index contributed by atoms with van der Waals surface area (Å²) in [4.78, 5) is 12.4. The molecule has 0 aromatic heterocycles. The molecule has 3 heteroatoms. The van der Waals surface area contributed by atoms with Crippen molar-refractivity contribution in [3.63, 3.8) is 0 Å². The van der Waals surface area contributed by atoms with Crippen LogP contribution in [-0.2, 0) is 4.79 Å². The van der Waals surface area contributed by atoms with Crippen LogP contribution in [0.15, 0.2) is 11.6 Å². The molecule has 1 rings (SSSR count). The summed E-state index contributed by atoms with van der Waals surface area (Å²) < 4.78 is 0. The molecular weight excluding hydrogens is 150 g/mol. The predicted octanol–water partition coefficient (Wildman–Crippen LogP) is 0.869. The van der Waals surface area contributed by atoms with Gasteiger partial charge in [0.25, 0.3) is 0 Å². The average molecular weight is 162 g/mol. The smallest absolute Gasteiger partial charge is 0.147 e. The number of hydrogen-bond donors (Lipinski definition) is 0. The van der Waals surface area contributed by atoms with Gasteiger partial charge in [0.1, 0.15) is 6.29 Å². The highest BCUT2D eigenvalue weighted by atomic mass is 35.5. The van der Waals surface area contributed by atoms with E-state index >= 15 is 0 Å². The van der Waals surface area contributed by atoms with Gasteiger partial charge in [0.15, 0.2) is 0 Å². The molecule has 0 N–H and O–H groups in total. The molecule has 2 nitrogen and oxygen atoms in total. The summed E-state index contributed by atoms with van der Waals surface area (Å²) >= 11 is 0. The average Bonchev–Trinajstić information content (AvgIpc) is 1.88. The molecule has 0 amide bonds. The van der Waals surface area contributed by atoms with Crippen molar-refractivity contribution in [1.82, 2.24) is 4.90 Å². The molecule has 0 fully saturated rings. The molecule has 10 heavy (non-hydrogen) atoms. The second-order valence-corrected chi connectivity index (χ2v) is 2.42. The van der Waals surface area contributed by atoms with Crippen LogP contribution in [0.4, 0.5) is 0 Å². The number of likely N-dealkylation sites (N-methyl/N-ethyl adjacent to an activating group) is 1. The van der Waals surface area contributed by atoms with Crippen LogP contribution < -0.4 is 0 Å². The maximum atomic E-state index is 10.2. The maximum Gasteiger partial charge on any atom is 0.147 e. The molecule has 0 bridgehead atoms. The minimum Gasteiger partial charge on any atom is -0.302 e. The molecule has 0 aromatic rings. The van der Waals surface area contributed by atoms with Gasteiger partial charge in [0.2, 0.25) is 0 Å². The van der Waals surface area contributed by atoms with E-state index in [1.54, 1.807) is 0 Å². The van der Waals surface area contributed by atoms with Gasteiger partial charge in [0, 0.05) is 18.7 Å². The van der Waals surface area contributed by atoms with Crippen LogP contribution in [-0.4, -0.2) is 31.3 Å². The summed E-state index contributed by atoms with van der Waals surface area (Å²) in [6, 6.07) is 0. The van der Waals surface area contributed by atoms with Gasteiger partial charge < -0.3 is 4.90 Å². The van der Waals surface area contributed by atoms with Crippen molar-refractivity contribution in [2.45, 2.75) is 6.42 Å². The maximum absolute atomic E-state index is 10.2. The summed E-state index contributed by atoms with van der Waals surface area (Å²) in [6.07, 6.45) is 3.97. The third-order valence-electron chi connectivity index (χ3n) is 1.52. The lowest BCUT2D eigenvalue weighted by Crippen LogP contribution is -2.25. The lowest BCUT2D eigenvalue weighted by atomic mass is 10.1. The molecule has 0 aromatic carbocycles. The standard InChI is InChI=1S/C7H11NO.ClH/c1-8-4-2-3-7(5-8)6-9;/h3,6H,2,4-5H2,1H3;1H. The first-order valence-corrected chi connectivity index (χ1v) is 3.15. The van der Waals surface area contributed by atoms with E-state index < -0.39 is 0 Å². The van der Waals surface area contributed by atoms with E-state index in [4.69, 9.17) is 0 Å². The van der Waals surface area contributed by atoms with Crippen LogP contribution >= 0.6 is 12.4 Å². The monoisotopic (exact) mass is 161 g/mol. The van der Waals surface area contributed by atoms with Crippen molar-refractivity contribution in [3.8, 4) is 0 Å². The largest absolute Gasteiger partial charge is 0.302 e. The van der Waals surface area contributed by atoms with Gasteiger partial charge in [-0.15, -0.1) is 12.4 Å². The summed E-state index contributed by atoms with van der Waals surface area (Å²) in [7, 11) is 2.02. The second kappa shape index (κ2) is 4.47. The zero-order chi connectivity index (χ0) is 6.69. The molecule has 0 atom stereocenters. The number of rotatable bonds is 1. The molecule has 0 saturated carbocycles. The highest BCUT2D eigenvalue weighted by Gasteiger charge is 2.05. The van der Waals surface area contributed by atoms with Crippen molar-refractivity contribution in [1.29, 1.82) is 0 Å². The van der Waals surface area contributed by atoms with Gasteiger partial charge >= 0.3 is 0 Å². The fraction of sp³-hybridized carbons (Fsp3) is 0.571. The summed E-state index contributed by atoms with van der Waals surface area (Å²) in [5.74, 6) is 0. The molecule has 1 aliphatic rings. The summed E-state index contributed by atoms with van der Waals surface area (Å²) in [6.45, 7) is 1.90. The van der Waals surface area contributed by atoms with Crippen LogP contribution in [0, 0.1) is 0 Å². The van der Waals surface area contributed by atoms with E-state index in [1.165, 1.54) is 0 Å². The zero-order valence-corrected chi connectivity index (χ0v) is 6.86. The van der Waals surface area contributed by atoms with Crippen molar-refractivity contribution in [2.24, 2.45) is 0 Å². The Kier molecular flexibility index (Phi) is 4.32. The van der Waals surface area contributed by atoms with E-state index in [0.29, 0.717) is 0 Å². The van der Waals surface area contributed by atoms with Crippen LogP contribution in [0.25, 0.3) is 0 Å². The van der Waals surface area contributed by atoms with Gasteiger partial charge in [-0.2, -0.15) is 0 Å². The van der Waals surface area contributed by atoms with E-state index in [2.05, 4.69) is 4.90 Å². The van der Waals surface area contributed by atoms with Crippen LogP contribution in [0.5, 0.6) is 0 Å². The van der Waals surface area contributed by atoms with Gasteiger partial charge in [-0.05, 0) is 13.5 Å². The third kappa shape index (κ3) is 2.50. The first-order valence-electron chi connectivity index (χ1n) is 3.15. The Labute approximate surface area is 67.3 Å². The lowest BCUT2D eigenvalue weighted by molar-refractivity contribution is -0.105. The predicted molar refractivity (Wildman–Crippen MR) is 43.5 cm³/mol. The van der Waals surface area contributed by atoms with Crippen molar-refractivity contribution in [2.75, 3.05) is 20.1 Å². The SMILES string of the molecule is CN1CCC=C(C=O)C1.Cl. The number of aldehydes is 1. The highest BCUT2D eigenvalue weighted by Crippen LogP contribution is 2.03. The van der Waals surface area contributed by atoms with Crippen molar-refractivity contribution in [3.05, 3.63) is 11.6 Å². The Balaban J connectivity index is 0.000000810.